The van der Waals surface area contributed by atoms with Crippen molar-refractivity contribution in [2.24, 2.45) is 0 Å². The fraction of sp³-hybridized carbons (Fsp3) is 0.250. The average molecular weight is 316 g/mol. The molecule has 0 spiro atoms. The van der Waals surface area contributed by atoms with Gasteiger partial charge in [0, 0.05) is 19.5 Å². The first-order valence-corrected chi connectivity index (χ1v) is 7.19. The van der Waals surface area contributed by atoms with E-state index in [2.05, 4.69) is 10.6 Å². The Labute approximate surface area is 132 Å². The first-order valence-electron chi connectivity index (χ1n) is 7.19. The number of hydrogen-bond acceptors (Lipinski definition) is 5. The predicted octanol–water partition coefficient (Wildman–Crippen LogP) is 1.44. The van der Waals surface area contributed by atoms with Crippen LogP contribution in [0.2, 0.25) is 0 Å². The van der Waals surface area contributed by atoms with Gasteiger partial charge < -0.3 is 24.5 Å². The number of benzene rings is 1. The monoisotopic (exact) mass is 316 g/mol. The fourth-order valence-electron chi connectivity index (χ4n) is 2.12. The maximum atomic E-state index is 11.8. The van der Waals surface area contributed by atoms with Gasteiger partial charge >= 0.3 is 0 Å². The Morgan fingerprint density at radius 2 is 1.96 bits per heavy atom. The van der Waals surface area contributed by atoms with Crippen molar-refractivity contribution in [2.45, 2.75) is 13.0 Å². The van der Waals surface area contributed by atoms with Crippen molar-refractivity contribution in [1.82, 2.24) is 10.6 Å². The highest BCUT2D eigenvalue weighted by molar-refractivity contribution is 5.91. The Hall–Kier alpha value is -2.96. The molecule has 23 heavy (non-hydrogen) atoms. The topological polar surface area (TPSA) is 89.8 Å². The zero-order valence-electron chi connectivity index (χ0n) is 12.3. The third kappa shape index (κ3) is 3.82. The number of carbonyl (C=O) groups excluding carboxylic acids is 2. The molecule has 0 aliphatic carbocycles. The molecule has 1 aromatic heterocycles. The molecule has 1 aromatic carbocycles. The smallest absolute Gasteiger partial charge is 0.286 e. The molecule has 7 heteroatoms. The molecule has 0 fully saturated rings. The Bertz CT molecular complexity index is 697. The van der Waals surface area contributed by atoms with Gasteiger partial charge in [0.05, 0.1) is 6.26 Å². The summed E-state index contributed by atoms with van der Waals surface area (Å²) in [6.45, 7) is 0.856. The highest BCUT2D eigenvalue weighted by Gasteiger charge is 2.13. The number of amides is 2. The molecular weight excluding hydrogens is 300 g/mol. The van der Waals surface area contributed by atoms with E-state index in [-0.39, 0.29) is 37.3 Å². The Morgan fingerprint density at radius 1 is 1.09 bits per heavy atom. The van der Waals surface area contributed by atoms with Gasteiger partial charge in [0.15, 0.2) is 17.3 Å². The van der Waals surface area contributed by atoms with Crippen molar-refractivity contribution in [3.63, 3.8) is 0 Å². The summed E-state index contributed by atoms with van der Waals surface area (Å²) < 4.78 is 15.5. The van der Waals surface area contributed by atoms with Crippen molar-refractivity contribution in [3.05, 3.63) is 47.9 Å². The summed E-state index contributed by atoms with van der Waals surface area (Å²) in [6, 6.07) is 8.71. The lowest BCUT2D eigenvalue weighted by Crippen LogP contribution is -2.30. The van der Waals surface area contributed by atoms with Crippen LogP contribution in [0, 0.1) is 0 Å². The summed E-state index contributed by atoms with van der Waals surface area (Å²) in [5.74, 6) is 1.13. The van der Waals surface area contributed by atoms with Crippen molar-refractivity contribution in [2.75, 3.05) is 13.3 Å². The van der Waals surface area contributed by atoms with Gasteiger partial charge in [0.25, 0.3) is 5.91 Å². The maximum absolute atomic E-state index is 11.8. The van der Waals surface area contributed by atoms with Gasteiger partial charge in [0.1, 0.15) is 0 Å². The summed E-state index contributed by atoms with van der Waals surface area (Å²) >= 11 is 0. The number of ether oxygens (including phenoxy) is 2. The summed E-state index contributed by atoms with van der Waals surface area (Å²) in [5.41, 5.74) is 0.919. The molecule has 0 saturated heterocycles. The van der Waals surface area contributed by atoms with E-state index in [9.17, 15) is 9.59 Å². The molecule has 0 atom stereocenters. The van der Waals surface area contributed by atoms with E-state index in [0.29, 0.717) is 18.0 Å². The second-order valence-corrected chi connectivity index (χ2v) is 4.95. The zero-order chi connectivity index (χ0) is 16.1. The van der Waals surface area contributed by atoms with E-state index < -0.39 is 0 Å². The van der Waals surface area contributed by atoms with Gasteiger partial charge in [-0.3, -0.25) is 9.59 Å². The first kappa shape index (κ1) is 15.0. The van der Waals surface area contributed by atoms with E-state index in [0.717, 1.165) is 5.56 Å². The molecule has 2 amide bonds. The zero-order valence-corrected chi connectivity index (χ0v) is 12.3. The van der Waals surface area contributed by atoms with Crippen LogP contribution in [0.15, 0.2) is 41.0 Å². The van der Waals surface area contributed by atoms with Crippen LogP contribution in [0.25, 0.3) is 0 Å². The molecule has 0 bridgehead atoms. The molecule has 1 aliphatic heterocycles. The molecule has 7 nitrogen and oxygen atoms in total. The number of furan rings is 1. The van der Waals surface area contributed by atoms with E-state index in [1.54, 1.807) is 12.1 Å². The number of carbonyl (C=O) groups is 2. The van der Waals surface area contributed by atoms with Crippen LogP contribution in [0.4, 0.5) is 0 Å². The number of hydrogen-bond donors (Lipinski definition) is 2. The van der Waals surface area contributed by atoms with E-state index in [1.165, 1.54) is 6.26 Å². The maximum Gasteiger partial charge on any atom is 0.286 e. The van der Waals surface area contributed by atoms with Crippen LogP contribution in [-0.2, 0) is 11.3 Å². The van der Waals surface area contributed by atoms with Crippen molar-refractivity contribution in [3.8, 4) is 11.5 Å². The second-order valence-electron chi connectivity index (χ2n) is 4.95. The third-order valence-corrected chi connectivity index (χ3v) is 3.31. The molecule has 2 aromatic rings. The highest BCUT2D eigenvalue weighted by atomic mass is 16.7. The molecule has 0 radical (unpaired) electrons. The molecule has 0 unspecified atom stereocenters. The summed E-state index contributed by atoms with van der Waals surface area (Å²) in [7, 11) is 0. The highest BCUT2D eigenvalue weighted by Crippen LogP contribution is 2.32. The molecule has 120 valence electrons. The van der Waals surface area contributed by atoms with E-state index in [1.807, 2.05) is 18.2 Å². The standard InChI is InChI=1S/C16H16N2O5/c19-15(5-6-17-16(20)13-2-1-7-21-13)18-9-11-3-4-12-14(8-11)23-10-22-12/h1-4,7-8H,5-6,9-10H2,(H,17,20)(H,18,19). The second kappa shape index (κ2) is 6.87. The van der Waals surface area contributed by atoms with Crippen LogP contribution < -0.4 is 20.1 Å². The molecule has 2 N–H and O–H groups in total. The van der Waals surface area contributed by atoms with Crippen molar-refractivity contribution in [1.29, 1.82) is 0 Å². The lowest BCUT2D eigenvalue weighted by Gasteiger charge is -2.07. The minimum atomic E-state index is -0.335. The van der Waals surface area contributed by atoms with Crippen LogP contribution in [0.1, 0.15) is 22.5 Å². The molecule has 1 aliphatic rings. The largest absolute Gasteiger partial charge is 0.459 e. The van der Waals surface area contributed by atoms with Gasteiger partial charge in [-0.15, -0.1) is 0 Å². The summed E-state index contributed by atoms with van der Waals surface area (Å²) in [5, 5.41) is 5.41. The summed E-state index contributed by atoms with van der Waals surface area (Å²) in [4.78, 5) is 23.4. The van der Waals surface area contributed by atoms with Crippen molar-refractivity contribution < 1.29 is 23.5 Å². The van der Waals surface area contributed by atoms with Crippen molar-refractivity contribution >= 4 is 11.8 Å². The number of rotatable bonds is 6. The molecule has 3 rings (SSSR count). The minimum absolute atomic E-state index is 0.151. The Kier molecular flexibility index (Phi) is 4.46. The molecule has 0 saturated carbocycles. The van der Waals surface area contributed by atoms with Gasteiger partial charge in [-0.1, -0.05) is 6.07 Å². The minimum Gasteiger partial charge on any atom is -0.459 e. The first-order chi connectivity index (χ1) is 11.2. The Morgan fingerprint density at radius 3 is 2.78 bits per heavy atom. The predicted molar refractivity (Wildman–Crippen MR) is 80.1 cm³/mol. The van der Waals surface area contributed by atoms with Gasteiger partial charge in [-0.2, -0.15) is 0 Å². The lowest BCUT2D eigenvalue weighted by molar-refractivity contribution is -0.121. The summed E-state index contributed by atoms with van der Waals surface area (Å²) in [6.07, 6.45) is 1.62. The Balaban J connectivity index is 1.39. The lowest BCUT2D eigenvalue weighted by atomic mass is 10.2. The number of fused-ring (bicyclic) bond motifs is 1. The van der Waals surface area contributed by atoms with Crippen LogP contribution in [-0.4, -0.2) is 25.2 Å². The average Bonchev–Trinajstić information content (AvgIpc) is 3.23. The fourth-order valence-corrected chi connectivity index (χ4v) is 2.12. The number of nitrogens with one attached hydrogen (secondary N) is 2. The van der Waals surface area contributed by atoms with E-state index >= 15 is 0 Å². The molecular formula is C16H16N2O5. The van der Waals surface area contributed by atoms with Gasteiger partial charge in [0.2, 0.25) is 12.7 Å². The van der Waals surface area contributed by atoms with E-state index in [4.69, 9.17) is 13.9 Å². The van der Waals surface area contributed by atoms with Crippen LogP contribution in [0.3, 0.4) is 0 Å². The quantitative estimate of drug-likeness (QED) is 0.842. The normalized spacial score (nSPS) is 12.0. The third-order valence-electron chi connectivity index (χ3n) is 3.31. The molecule has 2 heterocycles. The van der Waals surface area contributed by atoms with Crippen LogP contribution in [0.5, 0.6) is 11.5 Å². The van der Waals surface area contributed by atoms with Crippen LogP contribution >= 0.6 is 0 Å². The SMILES string of the molecule is O=C(CCNC(=O)c1ccco1)NCc1ccc2c(c1)OCO2. The van der Waals surface area contributed by atoms with Gasteiger partial charge in [-0.05, 0) is 29.8 Å². The van der Waals surface area contributed by atoms with Gasteiger partial charge in [-0.25, -0.2) is 0 Å².